The van der Waals surface area contributed by atoms with Crippen LogP contribution >= 0.6 is 11.8 Å². The number of thioether (sulfide) groups is 1. The number of nitrogens with zero attached hydrogens (tertiary/aromatic N) is 1. The molecule has 4 N–H and O–H groups in total. The number of benzene rings is 1. The Labute approximate surface area is 113 Å². The number of anilines is 1. The van der Waals surface area contributed by atoms with Gasteiger partial charge in [-0.2, -0.15) is 11.8 Å². The van der Waals surface area contributed by atoms with Gasteiger partial charge in [0.2, 0.25) is 5.96 Å². The first-order valence-electron chi connectivity index (χ1n) is 6.20. The molecule has 0 heterocycles. The van der Waals surface area contributed by atoms with Gasteiger partial charge in [0.15, 0.2) is 0 Å². The molecule has 0 radical (unpaired) electrons. The second kappa shape index (κ2) is 8.83. The summed E-state index contributed by atoms with van der Waals surface area (Å²) in [4.78, 5) is 4.52. The molecule has 0 aliphatic rings. The number of hydrogen-bond donors (Lipinski definition) is 3. The molecular weight excluding hydrogens is 244 g/mol. The summed E-state index contributed by atoms with van der Waals surface area (Å²) in [7, 11) is 0. The highest BCUT2D eigenvalue weighted by Crippen LogP contribution is 2.08. The number of rotatable bonds is 6. The van der Waals surface area contributed by atoms with Crippen molar-refractivity contribution in [2.75, 3.05) is 16.8 Å². The van der Waals surface area contributed by atoms with Gasteiger partial charge in [-0.15, -0.1) is 0 Å². The largest absolute Gasteiger partial charge is 0.325 e. The molecule has 0 aliphatic carbocycles. The molecule has 18 heavy (non-hydrogen) atoms. The number of nitrogens with one attached hydrogen (secondary N) is 2. The van der Waals surface area contributed by atoms with Crippen LogP contribution in [0.2, 0.25) is 0 Å². The Balaban J connectivity index is 2.49. The number of guanidine groups is 1. The van der Waals surface area contributed by atoms with E-state index in [9.17, 15) is 0 Å². The van der Waals surface area contributed by atoms with Crippen molar-refractivity contribution in [3.63, 3.8) is 0 Å². The zero-order chi connectivity index (χ0) is 13.2. The Bertz CT molecular complexity index is 353. The van der Waals surface area contributed by atoms with Gasteiger partial charge in [-0.3, -0.25) is 5.43 Å². The third-order valence-corrected chi connectivity index (χ3v) is 3.34. The van der Waals surface area contributed by atoms with Crippen LogP contribution in [-0.2, 0) is 0 Å². The minimum absolute atomic E-state index is 0.256. The molecule has 0 aromatic heterocycles. The van der Waals surface area contributed by atoms with Crippen molar-refractivity contribution in [1.29, 1.82) is 0 Å². The number of para-hydroxylation sites is 1. The molecular formula is C13H22N4S. The fourth-order valence-electron chi connectivity index (χ4n) is 1.45. The minimum Gasteiger partial charge on any atom is -0.325 e. The topological polar surface area (TPSA) is 62.4 Å². The van der Waals surface area contributed by atoms with E-state index < -0.39 is 0 Å². The smallest absolute Gasteiger partial charge is 0.210 e. The summed E-state index contributed by atoms with van der Waals surface area (Å²) in [5, 5.41) is 3.16. The second-order valence-electron chi connectivity index (χ2n) is 3.95. The molecule has 1 unspecified atom stereocenters. The molecule has 0 fully saturated rings. The first-order chi connectivity index (χ1) is 8.76. The molecule has 5 heteroatoms. The fraction of sp³-hybridized carbons (Fsp3) is 0.462. The number of nitrogens with two attached hydrogens (primary N) is 1. The summed E-state index contributed by atoms with van der Waals surface area (Å²) < 4.78 is 0. The van der Waals surface area contributed by atoms with Crippen LogP contribution in [0.4, 0.5) is 5.69 Å². The van der Waals surface area contributed by atoms with Gasteiger partial charge in [-0.25, -0.2) is 10.8 Å². The number of hydrogen-bond acceptors (Lipinski definition) is 3. The standard InChI is InChI=1S/C13H22N4S/c1-3-18-10-9-11(2)15-13(17-14)16-12-7-5-4-6-8-12/h4-8,11H,3,9-10,14H2,1-2H3,(H2,15,16,17). The monoisotopic (exact) mass is 266 g/mol. The zero-order valence-electron chi connectivity index (χ0n) is 11.0. The Morgan fingerprint density at radius 1 is 1.39 bits per heavy atom. The Kier molecular flexibility index (Phi) is 7.29. The molecule has 0 saturated carbocycles. The lowest BCUT2D eigenvalue weighted by molar-refractivity contribution is 0.716. The predicted molar refractivity (Wildman–Crippen MR) is 81.9 cm³/mol. The van der Waals surface area contributed by atoms with Gasteiger partial charge in [0.1, 0.15) is 0 Å². The lowest BCUT2D eigenvalue weighted by atomic mass is 10.3. The first-order valence-corrected chi connectivity index (χ1v) is 7.36. The predicted octanol–water partition coefficient (Wildman–Crippen LogP) is 2.45. The third kappa shape index (κ3) is 5.93. The maximum absolute atomic E-state index is 5.48. The molecule has 1 aromatic carbocycles. The van der Waals surface area contributed by atoms with Gasteiger partial charge in [-0.1, -0.05) is 25.1 Å². The summed E-state index contributed by atoms with van der Waals surface area (Å²) in [5.41, 5.74) is 3.58. The molecule has 1 rings (SSSR count). The first kappa shape index (κ1) is 14.9. The van der Waals surface area contributed by atoms with Crippen LogP contribution in [0.3, 0.4) is 0 Å². The van der Waals surface area contributed by atoms with Crippen LogP contribution in [-0.4, -0.2) is 23.5 Å². The van der Waals surface area contributed by atoms with Crippen LogP contribution in [0.1, 0.15) is 20.3 Å². The van der Waals surface area contributed by atoms with Gasteiger partial charge in [0.05, 0.1) is 6.04 Å². The van der Waals surface area contributed by atoms with Crippen molar-refractivity contribution in [1.82, 2.24) is 5.43 Å². The summed E-state index contributed by atoms with van der Waals surface area (Å²) in [6.07, 6.45) is 1.06. The Morgan fingerprint density at radius 2 is 2.11 bits per heavy atom. The van der Waals surface area contributed by atoms with Gasteiger partial charge >= 0.3 is 0 Å². The molecule has 4 nitrogen and oxygen atoms in total. The average molecular weight is 266 g/mol. The normalized spacial score (nSPS) is 13.2. The number of hydrazine groups is 1. The molecule has 1 aromatic rings. The number of aliphatic imine (C=N–C) groups is 1. The lowest BCUT2D eigenvalue weighted by Crippen LogP contribution is -2.37. The molecule has 100 valence electrons. The van der Waals surface area contributed by atoms with Crippen molar-refractivity contribution in [2.45, 2.75) is 26.3 Å². The van der Waals surface area contributed by atoms with Crippen LogP contribution < -0.4 is 16.6 Å². The van der Waals surface area contributed by atoms with Gasteiger partial charge in [0, 0.05) is 5.69 Å². The average Bonchev–Trinajstić information content (AvgIpc) is 2.39. The Morgan fingerprint density at radius 3 is 2.72 bits per heavy atom. The van der Waals surface area contributed by atoms with Gasteiger partial charge < -0.3 is 5.32 Å². The summed E-state index contributed by atoms with van der Waals surface area (Å²) in [6, 6.07) is 10.1. The van der Waals surface area contributed by atoms with Crippen LogP contribution in [0.15, 0.2) is 35.3 Å². The van der Waals surface area contributed by atoms with Crippen LogP contribution in [0, 0.1) is 0 Å². The quantitative estimate of drug-likeness (QED) is 0.243. The summed E-state index contributed by atoms with van der Waals surface area (Å²) >= 11 is 1.93. The van der Waals surface area contributed by atoms with E-state index in [1.165, 1.54) is 0 Å². The van der Waals surface area contributed by atoms with E-state index in [4.69, 9.17) is 5.84 Å². The summed E-state index contributed by atoms with van der Waals surface area (Å²) in [6.45, 7) is 4.27. The van der Waals surface area contributed by atoms with E-state index in [1.54, 1.807) is 0 Å². The lowest BCUT2D eigenvalue weighted by Gasteiger charge is -2.12. The van der Waals surface area contributed by atoms with Crippen LogP contribution in [0.25, 0.3) is 0 Å². The van der Waals surface area contributed by atoms with Crippen LogP contribution in [0.5, 0.6) is 0 Å². The highest BCUT2D eigenvalue weighted by atomic mass is 32.2. The molecule has 0 saturated heterocycles. The van der Waals surface area contributed by atoms with Crippen molar-refractivity contribution in [3.8, 4) is 0 Å². The van der Waals surface area contributed by atoms with Crippen molar-refractivity contribution < 1.29 is 0 Å². The molecule has 0 amide bonds. The maximum atomic E-state index is 5.48. The van der Waals surface area contributed by atoms with E-state index in [1.807, 2.05) is 42.1 Å². The Hall–Kier alpha value is -1.20. The molecule has 0 spiro atoms. The van der Waals surface area contributed by atoms with Crippen molar-refractivity contribution in [2.24, 2.45) is 10.8 Å². The SMILES string of the molecule is CCSCCC(C)N=C(NN)Nc1ccccc1. The second-order valence-corrected chi connectivity index (χ2v) is 5.34. The molecule has 1 atom stereocenters. The van der Waals surface area contributed by atoms with Crippen molar-refractivity contribution >= 4 is 23.4 Å². The molecule has 0 aliphatic heterocycles. The van der Waals surface area contributed by atoms with E-state index in [-0.39, 0.29) is 6.04 Å². The van der Waals surface area contributed by atoms with E-state index >= 15 is 0 Å². The highest BCUT2D eigenvalue weighted by molar-refractivity contribution is 7.99. The van der Waals surface area contributed by atoms with Gasteiger partial charge in [0.25, 0.3) is 0 Å². The van der Waals surface area contributed by atoms with E-state index in [2.05, 4.69) is 29.6 Å². The van der Waals surface area contributed by atoms with E-state index in [0.717, 1.165) is 23.6 Å². The highest BCUT2D eigenvalue weighted by Gasteiger charge is 2.03. The fourth-order valence-corrected chi connectivity index (χ4v) is 2.24. The minimum atomic E-state index is 0.256. The third-order valence-electron chi connectivity index (χ3n) is 2.41. The molecule has 0 bridgehead atoms. The summed E-state index contributed by atoms with van der Waals surface area (Å²) in [5.74, 6) is 8.36. The van der Waals surface area contributed by atoms with Gasteiger partial charge in [-0.05, 0) is 37.0 Å². The zero-order valence-corrected chi connectivity index (χ0v) is 11.8. The van der Waals surface area contributed by atoms with Crippen molar-refractivity contribution in [3.05, 3.63) is 30.3 Å². The maximum Gasteiger partial charge on any atom is 0.210 e. The van der Waals surface area contributed by atoms with E-state index in [0.29, 0.717) is 5.96 Å².